The molecule has 0 radical (unpaired) electrons. The lowest BCUT2D eigenvalue weighted by Crippen LogP contribution is -2.19. The molecular weight excluding hydrogens is 239 g/mol. The standard InChI is InChI=1S/C7H9IN2/c1-9-7-6(8)4-3-5-10(7)2/h3-5H,1-2H3/b9-7-. The van der Waals surface area contributed by atoms with E-state index in [1.54, 1.807) is 7.05 Å². The number of halogens is 1. The first kappa shape index (κ1) is 7.78. The summed E-state index contributed by atoms with van der Waals surface area (Å²) in [5, 5.41) is 0. The molecule has 0 amide bonds. The van der Waals surface area contributed by atoms with Crippen molar-refractivity contribution in [1.29, 1.82) is 0 Å². The van der Waals surface area contributed by atoms with Gasteiger partial charge in [0.25, 0.3) is 0 Å². The van der Waals surface area contributed by atoms with Gasteiger partial charge in [0.2, 0.25) is 0 Å². The number of rotatable bonds is 0. The molecule has 0 spiro atoms. The van der Waals surface area contributed by atoms with Gasteiger partial charge in [0.1, 0.15) is 5.49 Å². The molecule has 54 valence electrons. The van der Waals surface area contributed by atoms with E-state index in [9.17, 15) is 0 Å². The number of hydrogen-bond acceptors (Lipinski definition) is 1. The molecule has 0 N–H and O–H groups in total. The Morgan fingerprint density at radius 1 is 1.60 bits per heavy atom. The second kappa shape index (κ2) is 3.18. The van der Waals surface area contributed by atoms with E-state index in [4.69, 9.17) is 0 Å². The highest BCUT2D eigenvalue weighted by atomic mass is 127. The normalized spacial score (nSPS) is 12.1. The average molecular weight is 248 g/mol. The molecule has 1 heterocycles. The topological polar surface area (TPSA) is 17.3 Å². The van der Waals surface area contributed by atoms with Crippen LogP contribution in [0.1, 0.15) is 0 Å². The lowest BCUT2D eigenvalue weighted by Gasteiger charge is -1.98. The summed E-state index contributed by atoms with van der Waals surface area (Å²) in [5.41, 5.74) is 1.03. The Bertz CT molecular complexity index is 265. The van der Waals surface area contributed by atoms with Crippen molar-refractivity contribution in [2.45, 2.75) is 0 Å². The zero-order valence-electron chi connectivity index (χ0n) is 6.00. The zero-order valence-corrected chi connectivity index (χ0v) is 8.16. The van der Waals surface area contributed by atoms with E-state index in [1.165, 1.54) is 3.57 Å². The van der Waals surface area contributed by atoms with Gasteiger partial charge in [-0.2, -0.15) is 0 Å². The van der Waals surface area contributed by atoms with E-state index in [1.807, 2.05) is 29.9 Å². The van der Waals surface area contributed by atoms with Crippen LogP contribution in [-0.2, 0) is 7.05 Å². The fraction of sp³-hybridized carbons (Fsp3) is 0.286. The predicted molar refractivity (Wildman–Crippen MR) is 49.6 cm³/mol. The molecule has 1 rings (SSSR count). The van der Waals surface area contributed by atoms with Gasteiger partial charge in [-0.1, -0.05) is 0 Å². The molecule has 10 heavy (non-hydrogen) atoms. The molecule has 0 saturated carbocycles. The first-order valence-corrected chi connectivity index (χ1v) is 4.07. The van der Waals surface area contributed by atoms with Crippen molar-refractivity contribution in [3.63, 3.8) is 0 Å². The zero-order chi connectivity index (χ0) is 7.56. The number of pyridine rings is 1. The van der Waals surface area contributed by atoms with E-state index < -0.39 is 0 Å². The molecule has 0 fully saturated rings. The molecule has 3 heteroatoms. The minimum Gasteiger partial charge on any atom is -0.336 e. The largest absolute Gasteiger partial charge is 0.336 e. The second-order valence-corrected chi connectivity index (χ2v) is 3.18. The Kier molecular flexibility index (Phi) is 2.48. The van der Waals surface area contributed by atoms with Crippen molar-refractivity contribution in [2.24, 2.45) is 12.0 Å². The Hall–Kier alpha value is -0.320. The minimum absolute atomic E-state index is 1.03. The van der Waals surface area contributed by atoms with Gasteiger partial charge in [-0.05, 0) is 34.7 Å². The van der Waals surface area contributed by atoms with Crippen LogP contribution in [0.4, 0.5) is 0 Å². The van der Waals surface area contributed by atoms with Crippen LogP contribution < -0.4 is 5.49 Å². The maximum Gasteiger partial charge on any atom is 0.140 e. The third-order valence-corrected chi connectivity index (χ3v) is 2.15. The van der Waals surface area contributed by atoms with Crippen molar-refractivity contribution < 1.29 is 0 Å². The molecule has 0 atom stereocenters. The van der Waals surface area contributed by atoms with Crippen LogP contribution in [0.15, 0.2) is 23.3 Å². The first-order valence-electron chi connectivity index (χ1n) is 2.99. The molecule has 1 aromatic heterocycles. The minimum atomic E-state index is 1.03. The first-order chi connectivity index (χ1) is 4.75. The fourth-order valence-electron chi connectivity index (χ4n) is 0.835. The predicted octanol–water partition coefficient (Wildman–Crippen LogP) is 1.16. The van der Waals surface area contributed by atoms with Crippen molar-refractivity contribution >= 4 is 22.6 Å². The maximum absolute atomic E-state index is 4.13. The highest BCUT2D eigenvalue weighted by Crippen LogP contribution is 1.94. The summed E-state index contributed by atoms with van der Waals surface area (Å²) in [6.07, 6.45) is 1.99. The molecule has 0 aliphatic heterocycles. The number of nitrogens with zero attached hydrogens (tertiary/aromatic N) is 2. The molecule has 1 aromatic rings. The second-order valence-electron chi connectivity index (χ2n) is 2.01. The van der Waals surface area contributed by atoms with Crippen molar-refractivity contribution in [1.82, 2.24) is 4.57 Å². The fourth-order valence-corrected chi connectivity index (χ4v) is 1.66. The van der Waals surface area contributed by atoms with E-state index in [0.717, 1.165) is 5.49 Å². The van der Waals surface area contributed by atoms with Gasteiger partial charge in [0, 0.05) is 20.3 Å². The van der Waals surface area contributed by atoms with Crippen molar-refractivity contribution in [3.05, 3.63) is 27.4 Å². The summed E-state index contributed by atoms with van der Waals surface area (Å²) in [6.45, 7) is 0. The molecule has 0 aliphatic carbocycles. The van der Waals surface area contributed by atoms with Crippen molar-refractivity contribution in [2.75, 3.05) is 7.05 Å². The summed E-state index contributed by atoms with van der Waals surface area (Å²) >= 11 is 2.27. The number of aromatic nitrogens is 1. The Morgan fingerprint density at radius 3 is 2.70 bits per heavy atom. The van der Waals surface area contributed by atoms with Gasteiger partial charge in [0.05, 0.1) is 3.57 Å². The number of hydrogen-bond donors (Lipinski definition) is 0. The molecule has 2 nitrogen and oxygen atoms in total. The summed E-state index contributed by atoms with van der Waals surface area (Å²) < 4.78 is 3.19. The third kappa shape index (κ3) is 1.39. The third-order valence-electron chi connectivity index (χ3n) is 1.31. The molecule has 0 aliphatic rings. The van der Waals surface area contributed by atoms with Crippen LogP contribution in [0.25, 0.3) is 0 Å². The molecule has 0 aromatic carbocycles. The monoisotopic (exact) mass is 248 g/mol. The van der Waals surface area contributed by atoms with Crippen LogP contribution >= 0.6 is 22.6 Å². The van der Waals surface area contributed by atoms with Gasteiger partial charge in [-0.15, -0.1) is 0 Å². The number of aryl methyl sites for hydroxylation is 1. The quantitative estimate of drug-likeness (QED) is 0.613. The van der Waals surface area contributed by atoms with Crippen LogP contribution in [-0.4, -0.2) is 11.6 Å². The van der Waals surface area contributed by atoms with Gasteiger partial charge in [0.15, 0.2) is 0 Å². The van der Waals surface area contributed by atoms with Crippen molar-refractivity contribution in [3.8, 4) is 0 Å². The maximum atomic E-state index is 4.13. The average Bonchev–Trinajstić information content (AvgIpc) is 1.88. The lowest BCUT2D eigenvalue weighted by molar-refractivity contribution is 0.819. The van der Waals surface area contributed by atoms with Crippen LogP contribution in [0.2, 0.25) is 0 Å². The highest BCUT2D eigenvalue weighted by molar-refractivity contribution is 14.1. The van der Waals surface area contributed by atoms with Crippen LogP contribution in [0, 0.1) is 3.57 Å². The van der Waals surface area contributed by atoms with Gasteiger partial charge >= 0.3 is 0 Å². The smallest absolute Gasteiger partial charge is 0.140 e. The van der Waals surface area contributed by atoms with Gasteiger partial charge in [-0.25, -0.2) is 0 Å². The molecular formula is C7H9IN2. The van der Waals surface area contributed by atoms with Crippen LogP contribution in [0.3, 0.4) is 0 Å². The SMILES string of the molecule is C/N=c1/c(I)cccn1C. The summed E-state index contributed by atoms with van der Waals surface area (Å²) in [7, 11) is 3.79. The highest BCUT2D eigenvalue weighted by Gasteiger charge is 1.89. The summed E-state index contributed by atoms with van der Waals surface area (Å²) in [5.74, 6) is 0. The van der Waals surface area contributed by atoms with E-state index in [-0.39, 0.29) is 0 Å². The molecule has 0 unspecified atom stereocenters. The Morgan fingerprint density at radius 2 is 2.30 bits per heavy atom. The van der Waals surface area contributed by atoms with Crippen LogP contribution in [0.5, 0.6) is 0 Å². The summed E-state index contributed by atoms with van der Waals surface area (Å²) in [4.78, 5) is 4.13. The van der Waals surface area contributed by atoms with E-state index in [0.29, 0.717) is 0 Å². The molecule has 0 bridgehead atoms. The summed E-state index contributed by atoms with van der Waals surface area (Å²) in [6, 6.07) is 4.05. The van der Waals surface area contributed by atoms with E-state index in [2.05, 4.69) is 27.6 Å². The Balaban J connectivity index is 3.47. The molecule has 0 saturated heterocycles. The lowest BCUT2D eigenvalue weighted by atomic mass is 10.5. The van der Waals surface area contributed by atoms with E-state index >= 15 is 0 Å². The Labute approximate surface area is 73.7 Å². The van der Waals surface area contributed by atoms with Gasteiger partial charge < -0.3 is 4.57 Å². The van der Waals surface area contributed by atoms with Gasteiger partial charge in [-0.3, -0.25) is 4.99 Å².